The van der Waals surface area contributed by atoms with E-state index in [9.17, 15) is 0 Å². The molecule has 0 saturated heterocycles. The van der Waals surface area contributed by atoms with Gasteiger partial charge in [0.2, 0.25) is 5.95 Å². The number of rotatable bonds is 4. The SMILES string of the molecule is Cc1ccc(Nc2nc(NC3CCCCC3)c3ccccc3n2)c(C)c1. The molecular formula is C22H26N4. The van der Waals surface area contributed by atoms with E-state index in [2.05, 4.69) is 60.9 Å². The van der Waals surface area contributed by atoms with E-state index in [4.69, 9.17) is 9.97 Å². The lowest BCUT2D eigenvalue weighted by molar-refractivity contribution is 0.462. The van der Waals surface area contributed by atoms with Gasteiger partial charge in [0.1, 0.15) is 5.82 Å². The average molecular weight is 346 g/mol. The molecule has 4 nitrogen and oxygen atoms in total. The van der Waals surface area contributed by atoms with Gasteiger partial charge >= 0.3 is 0 Å². The zero-order valence-electron chi connectivity index (χ0n) is 15.5. The van der Waals surface area contributed by atoms with Gasteiger partial charge in [-0.15, -0.1) is 0 Å². The van der Waals surface area contributed by atoms with E-state index < -0.39 is 0 Å². The minimum atomic E-state index is 0.510. The Kier molecular flexibility index (Phi) is 4.74. The van der Waals surface area contributed by atoms with Crippen molar-refractivity contribution in [1.29, 1.82) is 0 Å². The van der Waals surface area contributed by atoms with Gasteiger partial charge in [0.05, 0.1) is 5.52 Å². The molecule has 0 bridgehead atoms. The first kappa shape index (κ1) is 16.8. The molecule has 0 aliphatic heterocycles. The van der Waals surface area contributed by atoms with Crippen LogP contribution in [0.1, 0.15) is 43.2 Å². The molecule has 1 aliphatic carbocycles. The predicted octanol–water partition coefficient (Wildman–Crippen LogP) is 5.73. The quantitative estimate of drug-likeness (QED) is 0.633. The molecule has 0 spiro atoms. The number of aromatic nitrogens is 2. The summed E-state index contributed by atoms with van der Waals surface area (Å²) in [5.74, 6) is 1.59. The first-order chi connectivity index (χ1) is 12.7. The Bertz CT molecular complexity index is 913. The Morgan fingerprint density at radius 3 is 2.54 bits per heavy atom. The molecule has 26 heavy (non-hydrogen) atoms. The lowest BCUT2D eigenvalue weighted by Gasteiger charge is -2.24. The van der Waals surface area contributed by atoms with E-state index in [0.717, 1.165) is 22.4 Å². The molecule has 2 N–H and O–H groups in total. The number of aryl methyl sites for hydroxylation is 2. The Morgan fingerprint density at radius 1 is 0.923 bits per heavy atom. The highest BCUT2D eigenvalue weighted by atomic mass is 15.2. The number of hydrogen-bond donors (Lipinski definition) is 2. The second-order valence-electron chi connectivity index (χ2n) is 7.34. The summed E-state index contributed by atoms with van der Waals surface area (Å²) >= 11 is 0. The second kappa shape index (κ2) is 7.32. The monoisotopic (exact) mass is 346 g/mol. The Balaban J connectivity index is 1.68. The molecule has 1 aromatic heterocycles. The van der Waals surface area contributed by atoms with Crippen molar-refractivity contribution in [2.75, 3.05) is 10.6 Å². The minimum absolute atomic E-state index is 0.510. The van der Waals surface area contributed by atoms with Crippen molar-refractivity contribution in [2.45, 2.75) is 52.0 Å². The third-order valence-corrected chi connectivity index (χ3v) is 5.18. The standard InChI is InChI=1S/C22H26N4/c1-15-12-13-19(16(2)14-15)24-22-25-20-11-7-6-10-18(20)21(26-22)23-17-8-4-3-5-9-17/h6-7,10-14,17H,3-5,8-9H2,1-2H3,(H2,23,24,25,26). The van der Waals surface area contributed by atoms with Crippen LogP contribution >= 0.6 is 0 Å². The lowest BCUT2D eigenvalue weighted by Crippen LogP contribution is -2.23. The van der Waals surface area contributed by atoms with Crippen LogP contribution in [0.15, 0.2) is 42.5 Å². The van der Waals surface area contributed by atoms with Crippen LogP contribution in [0.25, 0.3) is 10.9 Å². The average Bonchev–Trinajstić information content (AvgIpc) is 2.65. The highest BCUT2D eigenvalue weighted by Crippen LogP contribution is 2.28. The van der Waals surface area contributed by atoms with Crippen molar-refractivity contribution in [2.24, 2.45) is 0 Å². The topological polar surface area (TPSA) is 49.8 Å². The fourth-order valence-corrected chi connectivity index (χ4v) is 3.76. The largest absolute Gasteiger partial charge is 0.367 e. The number of nitrogens with one attached hydrogen (secondary N) is 2. The van der Waals surface area contributed by atoms with Crippen molar-refractivity contribution in [1.82, 2.24) is 9.97 Å². The fourth-order valence-electron chi connectivity index (χ4n) is 3.76. The molecule has 0 amide bonds. The number of anilines is 3. The molecular weight excluding hydrogens is 320 g/mol. The van der Waals surface area contributed by atoms with Gasteiger partial charge < -0.3 is 10.6 Å². The van der Waals surface area contributed by atoms with Gasteiger partial charge in [-0.25, -0.2) is 4.98 Å². The normalized spacial score (nSPS) is 15.2. The predicted molar refractivity (Wildman–Crippen MR) is 109 cm³/mol. The summed E-state index contributed by atoms with van der Waals surface area (Å²) in [5, 5.41) is 8.18. The number of fused-ring (bicyclic) bond motifs is 1. The zero-order valence-corrected chi connectivity index (χ0v) is 15.5. The maximum Gasteiger partial charge on any atom is 0.229 e. The molecule has 1 fully saturated rings. The smallest absolute Gasteiger partial charge is 0.229 e. The van der Waals surface area contributed by atoms with Crippen molar-refractivity contribution >= 4 is 28.4 Å². The zero-order chi connectivity index (χ0) is 17.9. The van der Waals surface area contributed by atoms with Gasteiger partial charge in [0.15, 0.2) is 0 Å². The fraction of sp³-hybridized carbons (Fsp3) is 0.364. The molecule has 134 valence electrons. The summed E-state index contributed by atoms with van der Waals surface area (Å²) in [5.41, 5.74) is 4.47. The summed E-state index contributed by atoms with van der Waals surface area (Å²) in [4.78, 5) is 9.55. The van der Waals surface area contributed by atoms with Gasteiger partial charge in [0, 0.05) is 17.1 Å². The van der Waals surface area contributed by atoms with E-state index in [1.807, 2.05) is 6.07 Å². The molecule has 4 rings (SSSR count). The van der Waals surface area contributed by atoms with Crippen molar-refractivity contribution in [3.05, 3.63) is 53.6 Å². The van der Waals surface area contributed by atoms with Gasteiger partial charge in [-0.3, -0.25) is 0 Å². The molecule has 0 atom stereocenters. The first-order valence-corrected chi connectivity index (χ1v) is 9.56. The van der Waals surface area contributed by atoms with Crippen LogP contribution < -0.4 is 10.6 Å². The molecule has 1 aliphatic rings. The third kappa shape index (κ3) is 3.64. The van der Waals surface area contributed by atoms with Gasteiger partial charge in [-0.05, 0) is 50.5 Å². The van der Waals surface area contributed by atoms with Crippen LogP contribution in [0.4, 0.5) is 17.5 Å². The van der Waals surface area contributed by atoms with Crippen LogP contribution in [0.2, 0.25) is 0 Å². The maximum absolute atomic E-state index is 4.82. The van der Waals surface area contributed by atoms with E-state index in [1.54, 1.807) is 0 Å². The van der Waals surface area contributed by atoms with Gasteiger partial charge in [-0.1, -0.05) is 49.1 Å². The number of nitrogens with zero attached hydrogens (tertiary/aromatic N) is 2. The van der Waals surface area contributed by atoms with Crippen LogP contribution in [-0.2, 0) is 0 Å². The highest BCUT2D eigenvalue weighted by Gasteiger charge is 2.16. The molecule has 4 heteroatoms. The number of hydrogen-bond acceptors (Lipinski definition) is 4. The minimum Gasteiger partial charge on any atom is -0.367 e. The second-order valence-corrected chi connectivity index (χ2v) is 7.34. The summed E-state index contributed by atoms with van der Waals surface area (Å²) in [6.45, 7) is 4.22. The van der Waals surface area contributed by atoms with E-state index in [1.165, 1.54) is 43.2 Å². The van der Waals surface area contributed by atoms with Crippen LogP contribution in [-0.4, -0.2) is 16.0 Å². The van der Waals surface area contributed by atoms with Crippen LogP contribution in [0.5, 0.6) is 0 Å². The van der Waals surface area contributed by atoms with E-state index >= 15 is 0 Å². The summed E-state index contributed by atoms with van der Waals surface area (Å²) in [6, 6.07) is 15.1. The van der Waals surface area contributed by atoms with E-state index in [0.29, 0.717) is 12.0 Å². The maximum atomic E-state index is 4.82. The highest BCUT2D eigenvalue weighted by molar-refractivity contribution is 5.90. The molecule has 0 radical (unpaired) electrons. The number of benzene rings is 2. The Morgan fingerprint density at radius 2 is 1.73 bits per heavy atom. The van der Waals surface area contributed by atoms with Crippen LogP contribution in [0, 0.1) is 13.8 Å². The van der Waals surface area contributed by atoms with Gasteiger partial charge in [-0.2, -0.15) is 4.98 Å². The van der Waals surface area contributed by atoms with E-state index in [-0.39, 0.29) is 0 Å². The summed E-state index contributed by atoms with van der Waals surface area (Å²) in [7, 11) is 0. The molecule has 1 heterocycles. The molecule has 3 aromatic rings. The van der Waals surface area contributed by atoms with Crippen molar-refractivity contribution in [3.63, 3.8) is 0 Å². The van der Waals surface area contributed by atoms with Gasteiger partial charge in [0.25, 0.3) is 0 Å². The third-order valence-electron chi connectivity index (χ3n) is 5.18. The van der Waals surface area contributed by atoms with Crippen molar-refractivity contribution < 1.29 is 0 Å². The molecule has 2 aromatic carbocycles. The summed E-state index contributed by atoms with van der Waals surface area (Å²) in [6.07, 6.45) is 6.39. The number of para-hydroxylation sites is 1. The Hall–Kier alpha value is -2.62. The van der Waals surface area contributed by atoms with Crippen LogP contribution in [0.3, 0.4) is 0 Å². The molecule has 1 saturated carbocycles. The molecule has 0 unspecified atom stereocenters. The summed E-state index contributed by atoms with van der Waals surface area (Å²) < 4.78 is 0. The lowest BCUT2D eigenvalue weighted by atomic mass is 9.95. The van der Waals surface area contributed by atoms with Crippen molar-refractivity contribution in [3.8, 4) is 0 Å². The first-order valence-electron chi connectivity index (χ1n) is 9.56. The Labute approximate surface area is 155 Å².